The predicted molar refractivity (Wildman–Crippen MR) is 84.9 cm³/mol. The van der Waals surface area contributed by atoms with Gasteiger partial charge in [-0.05, 0) is 30.5 Å². The molecule has 0 spiro atoms. The molecule has 0 aliphatic carbocycles. The molecule has 128 valence electrons. The molecule has 23 heavy (non-hydrogen) atoms. The first-order valence-corrected chi connectivity index (χ1v) is 7.66. The van der Waals surface area contributed by atoms with E-state index in [1.54, 1.807) is 25.3 Å². The van der Waals surface area contributed by atoms with Gasteiger partial charge >= 0.3 is 6.03 Å². The van der Waals surface area contributed by atoms with Crippen molar-refractivity contribution in [3.63, 3.8) is 0 Å². The molecule has 3 N–H and O–H groups in total. The summed E-state index contributed by atoms with van der Waals surface area (Å²) in [7, 11) is 3.09. The van der Waals surface area contributed by atoms with E-state index in [1.807, 2.05) is 0 Å². The smallest absolute Gasteiger partial charge is 0.315 e. The maximum Gasteiger partial charge on any atom is 0.315 e. The zero-order valence-electron chi connectivity index (χ0n) is 13.5. The van der Waals surface area contributed by atoms with Crippen LogP contribution in [0.2, 0.25) is 0 Å². The van der Waals surface area contributed by atoms with Gasteiger partial charge in [0.25, 0.3) is 0 Å². The summed E-state index contributed by atoms with van der Waals surface area (Å²) in [5.41, 5.74) is 0.647. The van der Waals surface area contributed by atoms with Crippen LogP contribution in [0.1, 0.15) is 24.5 Å². The van der Waals surface area contributed by atoms with Gasteiger partial charge in [0, 0.05) is 25.8 Å². The van der Waals surface area contributed by atoms with Crippen molar-refractivity contribution in [1.82, 2.24) is 10.6 Å². The van der Waals surface area contributed by atoms with Crippen LogP contribution in [0.4, 0.5) is 4.79 Å². The van der Waals surface area contributed by atoms with Crippen LogP contribution >= 0.6 is 0 Å². The van der Waals surface area contributed by atoms with E-state index < -0.39 is 6.10 Å². The summed E-state index contributed by atoms with van der Waals surface area (Å²) in [4.78, 5) is 11.9. The summed E-state index contributed by atoms with van der Waals surface area (Å²) in [6.45, 7) is 1.45. The highest BCUT2D eigenvalue weighted by Gasteiger charge is 2.17. The second-order valence-electron chi connectivity index (χ2n) is 5.37. The van der Waals surface area contributed by atoms with E-state index in [-0.39, 0.29) is 18.6 Å². The highest BCUT2D eigenvalue weighted by atomic mass is 16.5. The van der Waals surface area contributed by atoms with Crippen LogP contribution in [0.15, 0.2) is 18.2 Å². The number of methoxy groups -OCH3 is 2. The van der Waals surface area contributed by atoms with Crippen molar-refractivity contribution in [2.45, 2.75) is 25.0 Å². The minimum Gasteiger partial charge on any atom is -0.493 e. The number of benzene rings is 1. The number of aliphatic hydroxyl groups excluding tert-OH is 1. The number of ether oxygens (including phenoxy) is 3. The SMILES string of the molecule is COc1ccc(C(O)CNC(=O)NC2CCOCC2)cc1OC. The molecule has 0 aromatic heterocycles. The molecular weight excluding hydrogens is 300 g/mol. The molecule has 7 nitrogen and oxygen atoms in total. The van der Waals surface area contributed by atoms with Gasteiger partial charge in [-0.15, -0.1) is 0 Å². The molecule has 1 aliphatic rings. The number of aliphatic hydroxyl groups is 1. The lowest BCUT2D eigenvalue weighted by Gasteiger charge is -2.23. The van der Waals surface area contributed by atoms with Gasteiger partial charge in [-0.2, -0.15) is 0 Å². The van der Waals surface area contributed by atoms with E-state index in [4.69, 9.17) is 14.2 Å². The number of carbonyl (C=O) groups excluding carboxylic acids is 1. The maximum absolute atomic E-state index is 11.9. The summed E-state index contributed by atoms with van der Waals surface area (Å²) in [5.74, 6) is 1.13. The Hall–Kier alpha value is -1.99. The average molecular weight is 324 g/mol. The van der Waals surface area contributed by atoms with Gasteiger partial charge in [0.2, 0.25) is 0 Å². The van der Waals surface area contributed by atoms with Crippen molar-refractivity contribution in [2.24, 2.45) is 0 Å². The van der Waals surface area contributed by atoms with Crippen molar-refractivity contribution in [3.8, 4) is 11.5 Å². The second-order valence-corrected chi connectivity index (χ2v) is 5.37. The van der Waals surface area contributed by atoms with Crippen molar-refractivity contribution in [3.05, 3.63) is 23.8 Å². The third kappa shape index (κ3) is 5.01. The van der Waals surface area contributed by atoms with Gasteiger partial charge in [-0.25, -0.2) is 4.79 Å². The first kappa shape index (κ1) is 17.4. The summed E-state index contributed by atoms with van der Waals surface area (Å²) < 4.78 is 15.6. The molecule has 0 bridgehead atoms. The van der Waals surface area contributed by atoms with E-state index in [0.717, 1.165) is 12.8 Å². The Labute approximate surface area is 135 Å². The monoisotopic (exact) mass is 324 g/mol. The predicted octanol–water partition coefficient (Wildman–Crippen LogP) is 1.22. The van der Waals surface area contributed by atoms with E-state index in [2.05, 4.69) is 10.6 Å². The molecule has 0 radical (unpaired) electrons. The summed E-state index contributed by atoms with van der Waals surface area (Å²) >= 11 is 0. The highest BCUT2D eigenvalue weighted by Crippen LogP contribution is 2.29. The quantitative estimate of drug-likeness (QED) is 0.732. The molecule has 1 aromatic carbocycles. The molecule has 0 saturated carbocycles. The Balaban J connectivity index is 1.83. The molecule has 1 heterocycles. The molecule has 1 saturated heterocycles. The van der Waals surface area contributed by atoms with Gasteiger partial charge < -0.3 is 30.0 Å². The third-order valence-electron chi connectivity index (χ3n) is 3.80. The lowest BCUT2D eigenvalue weighted by atomic mass is 10.1. The van der Waals surface area contributed by atoms with Crippen LogP contribution in [0, 0.1) is 0 Å². The van der Waals surface area contributed by atoms with Crippen LogP contribution in [-0.2, 0) is 4.74 Å². The first-order chi connectivity index (χ1) is 11.1. The van der Waals surface area contributed by atoms with Crippen molar-refractivity contribution >= 4 is 6.03 Å². The molecule has 1 aromatic rings. The number of amides is 2. The van der Waals surface area contributed by atoms with Gasteiger partial charge in [0.05, 0.1) is 20.3 Å². The van der Waals surface area contributed by atoms with Gasteiger partial charge in [0.1, 0.15) is 0 Å². The van der Waals surface area contributed by atoms with E-state index in [0.29, 0.717) is 30.3 Å². The normalized spacial score (nSPS) is 16.5. The van der Waals surface area contributed by atoms with Gasteiger partial charge in [0.15, 0.2) is 11.5 Å². The molecule has 2 rings (SSSR count). The number of rotatable bonds is 6. The fraction of sp³-hybridized carbons (Fsp3) is 0.562. The first-order valence-electron chi connectivity index (χ1n) is 7.66. The van der Waals surface area contributed by atoms with Crippen molar-refractivity contribution in [1.29, 1.82) is 0 Å². The molecule has 1 unspecified atom stereocenters. The fourth-order valence-electron chi connectivity index (χ4n) is 2.45. The minimum absolute atomic E-state index is 0.116. The number of hydrogen-bond donors (Lipinski definition) is 3. The largest absolute Gasteiger partial charge is 0.493 e. The number of hydrogen-bond acceptors (Lipinski definition) is 5. The summed E-state index contributed by atoms with van der Waals surface area (Å²) in [6, 6.07) is 5.00. The van der Waals surface area contributed by atoms with Crippen molar-refractivity contribution < 1.29 is 24.1 Å². The molecule has 1 fully saturated rings. The molecular formula is C16H24N2O5. The van der Waals surface area contributed by atoms with Crippen LogP contribution in [0.25, 0.3) is 0 Å². The molecule has 7 heteroatoms. The zero-order chi connectivity index (χ0) is 16.7. The van der Waals surface area contributed by atoms with Crippen molar-refractivity contribution in [2.75, 3.05) is 34.0 Å². The van der Waals surface area contributed by atoms with E-state index >= 15 is 0 Å². The fourth-order valence-corrected chi connectivity index (χ4v) is 2.45. The molecule has 1 aliphatic heterocycles. The van der Waals surface area contributed by atoms with Crippen LogP contribution in [-0.4, -0.2) is 51.2 Å². The number of carbonyl (C=O) groups is 1. The van der Waals surface area contributed by atoms with Gasteiger partial charge in [-0.1, -0.05) is 6.07 Å². The third-order valence-corrected chi connectivity index (χ3v) is 3.80. The van der Waals surface area contributed by atoms with E-state index in [1.165, 1.54) is 7.11 Å². The number of urea groups is 1. The topological polar surface area (TPSA) is 89.1 Å². The van der Waals surface area contributed by atoms with Gasteiger partial charge in [-0.3, -0.25) is 0 Å². The maximum atomic E-state index is 11.9. The number of nitrogens with one attached hydrogen (secondary N) is 2. The average Bonchev–Trinajstić information content (AvgIpc) is 2.59. The molecule has 1 atom stereocenters. The Morgan fingerprint density at radius 1 is 1.30 bits per heavy atom. The van der Waals surface area contributed by atoms with Crippen LogP contribution in [0.5, 0.6) is 11.5 Å². The molecule has 2 amide bonds. The standard InChI is InChI=1S/C16H24N2O5/c1-21-14-4-3-11(9-15(14)22-2)13(19)10-17-16(20)18-12-5-7-23-8-6-12/h3-4,9,12-13,19H,5-8,10H2,1-2H3,(H2,17,18,20). The van der Waals surface area contributed by atoms with Crippen LogP contribution in [0.3, 0.4) is 0 Å². The Bertz CT molecular complexity index is 517. The lowest BCUT2D eigenvalue weighted by molar-refractivity contribution is 0.0798. The highest BCUT2D eigenvalue weighted by molar-refractivity contribution is 5.74. The zero-order valence-corrected chi connectivity index (χ0v) is 13.5. The summed E-state index contributed by atoms with van der Waals surface area (Å²) in [5, 5.41) is 15.8. The Kier molecular flexibility index (Phi) is 6.49. The summed E-state index contributed by atoms with van der Waals surface area (Å²) in [6.07, 6.45) is 0.798. The Morgan fingerprint density at radius 2 is 2.00 bits per heavy atom. The van der Waals surface area contributed by atoms with Crippen LogP contribution < -0.4 is 20.1 Å². The Morgan fingerprint density at radius 3 is 2.65 bits per heavy atom. The minimum atomic E-state index is -0.824. The lowest BCUT2D eigenvalue weighted by Crippen LogP contribution is -2.45. The van der Waals surface area contributed by atoms with E-state index in [9.17, 15) is 9.90 Å². The second kappa shape index (κ2) is 8.59.